The summed E-state index contributed by atoms with van der Waals surface area (Å²) in [5, 5.41) is 2.90. The predicted molar refractivity (Wildman–Crippen MR) is 136 cm³/mol. The van der Waals surface area contributed by atoms with Crippen LogP contribution in [0.2, 0.25) is 0 Å². The lowest BCUT2D eigenvalue weighted by Gasteiger charge is -2.34. The van der Waals surface area contributed by atoms with E-state index < -0.39 is 9.84 Å². The van der Waals surface area contributed by atoms with Gasteiger partial charge >= 0.3 is 0 Å². The Hall–Kier alpha value is -3.00. The highest BCUT2D eigenvalue weighted by Gasteiger charge is 2.17. The molecule has 1 aliphatic rings. The van der Waals surface area contributed by atoms with Crippen LogP contribution in [0.4, 0.5) is 5.69 Å². The van der Waals surface area contributed by atoms with Gasteiger partial charge < -0.3 is 5.32 Å². The lowest BCUT2D eigenvalue weighted by atomic mass is 10.1. The van der Waals surface area contributed by atoms with Crippen LogP contribution in [0.1, 0.15) is 27.0 Å². The monoisotopic (exact) mass is 477 g/mol. The smallest absolute Gasteiger partial charge is 0.255 e. The third-order valence-corrected chi connectivity index (χ3v) is 6.81. The summed E-state index contributed by atoms with van der Waals surface area (Å²) < 4.78 is 23.1. The molecular weight excluding hydrogens is 446 g/mol. The zero-order chi connectivity index (χ0) is 24.0. The van der Waals surface area contributed by atoms with Gasteiger partial charge in [0.05, 0.1) is 5.75 Å². The number of nitrogens with one attached hydrogen (secondary N) is 1. The minimum Gasteiger partial charge on any atom is -0.322 e. The zero-order valence-electron chi connectivity index (χ0n) is 19.5. The molecule has 0 atom stereocenters. The molecule has 0 unspecified atom stereocenters. The van der Waals surface area contributed by atoms with Gasteiger partial charge in [-0.1, -0.05) is 54.6 Å². The fraction of sp³-hybridized carbons (Fsp3) is 0.296. The number of piperazine rings is 1. The molecule has 1 N–H and O–H groups in total. The normalized spacial score (nSPS) is 15.2. The van der Waals surface area contributed by atoms with Gasteiger partial charge in [0.1, 0.15) is 0 Å². The molecule has 0 radical (unpaired) electrons. The molecule has 0 aliphatic carbocycles. The van der Waals surface area contributed by atoms with E-state index in [9.17, 15) is 13.2 Å². The first-order valence-electron chi connectivity index (χ1n) is 11.5. The second-order valence-electron chi connectivity index (χ2n) is 8.96. The van der Waals surface area contributed by atoms with Gasteiger partial charge in [-0.3, -0.25) is 14.6 Å². The Morgan fingerprint density at radius 3 is 1.91 bits per heavy atom. The van der Waals surface area contributed by atoms with Crippen molar-refractivity contribution in [2.75, 3.05) is 37.8 Å². The number of nitrogens with zero attached hydrogens (tertiary/aromatic N) is 2. The van der Waals surface area contributed by atoms with Crippen molar-refractivity contribution in [3.05, 3.63) is 101 Å². The molecule has 0 saturated carbocycles. The first kappa shape index (κ1) is 24.1. The molecule has 1 fully saturated rings. The minimum atomic E-state index is -3.15. The molecule has 4 rings (SSSR count). The van der Waals surface area contributed by atoms with Crippen molar-refractivity contribution in [1.82, 2.24) is 9.80 Å². The second-order valence-corrected chi connectivity index (χ2v) is 11.1. The SMILES string of the molecule is CS(=O)(=O)Cc1cccc(C(=O)Nc2ccc(CN3CCN(Cc4ccccc4)CC3)cc2)c1. The van der Waals surface area contributed by atoms with Crippen LogP contribution in [0.5, 0.6) is 0 Å². The molecule has 1 aliphatic heterocycles. The first-order valence-corrected chi connectivity index (χ1v) is 13.6. The number of rotatable bonds is 8. The molecule has 1 heterocycles. The molecule has 178 valence electrons. The highest BCUT2D eigenvalue weighted by Crippen LogP contribution is 2.16. The summed E-state index contributed by atoms with van der Waals surface area (Å²) in [4.78, 5) is 17.6. The maximum atomic E-state index is 12.6. The van der Waals surface area contributed by atoms with Crippen LogP contribution in [0, 0.1) is 0 Å². The molecule has 0 spiro atoms. The van der Waals surface area contributed by atoms with Crippen LogP contribution in [-0.4, -0.2) is 56.6 Å². The van der Waals surface area contributed by atoms with Crippen LogP contribution < -0.4 is 5.32 Å². The number of hydrogen-bond donors (Lipinski definition) is 1. The molecule has 1 saturated heterocycles. The second kappa shape index (κ2) is 11.0. The third kappa shape index (κ3) is 7.25. The van der Waals surface area contributed by atoms with Crippen LogP contribution >= 0.6 is 0 Å². The van der Waals surface area contributed by atoms with E-state index in [1.165, 1.54) is 17.4 Å². The molecule has 3 aromatic carbocycles. The van der Waals surface area contributed by atoms with Crippen LogP contribution in [0.3, 0.4) is 0 Å². The van der Waals surface area contributed by atoms with E-state index in [4.69, 9.17) is 0 Å². The Kier molecular flexibility index (Phi) is 7.77. The Morgan fingerprint density at radius 2 is 1.32 bits per heavy atom. The molecule has 6 nitrogen and oxygen atoms in total. The van der Waals surface area contributed by atoms with E-state index >= 15 is 0 Å². The summed E-state index contributed by atoms with van der Waals surface area (Å²) in [5.74, 6) is -0.332. The van der Waals surface area contributed by atoms with E-state index in [1.54, 1.807) is 24.3 Å². The molecule has 1 amide bonds. The van der Waals surface area contributed by atoms with Gasteiger partial charge in [-0.05, 0) is 41.0 Å². The van der Waals surface area contributed by atoms with Gasteiger partial charge in [0.25, 0.3) is 5.91 Å². The fourth-order valence-electron chi connectivity index (χ4n) is 4.21. The number of carbonyl (C=O) groups is 1. The molecular formula is C27H31N3O3S. The number of anilines is 1. The number of carbonyl (C=O) groups excluding carboxylic acids is 1. The predicted octanol–water partition coefficient (Wildman–Crippen LogP) is 3.80. The van der Waals surface area contributed by atoms with Crippen molar-refractivity contribution in [2.24, 2.45) is 0 Å². The van der Waals surface area contributed by atoms with Crippen molar-refractivity contribution >= 4 is 21.4 Å². The number of sulfone groups is 1. The Morgan fingerprint density at radius 1 is 0.765 bits per heavy atom. The quantitative estimate of drug-likeness (QED) is 0.534. The maximum Gasteiger partial charge on any atom is 0.255 e. The van der Waals surface area contributed by atoms with E-state index in [-0.39, 0.29) is 11.7 Å². The summed E-state index contributed by atoms with van der Waals surface area (Å²) in [7, 11) is -3.15. The van der Waals surface area contributed by atoms with Crippen molar-refractivity contribution < 1.29 is 13.2 Å². The van der Waals surface area contributed by atoms with Crippen LogP contribution in [-0.2, 0) is 28.7 Å². The van der Waals surface area contributed by atoms with Gasteiger partial charge in [0.15, 0.2) is 9.84 Å². The highest BCUT2D eigenvalue weighted by atomic mass is 32.2. The summed E-state index contributed by atoms with van der Waals surface area (Å²) in [5.41, 5.74) is 4.34. The van der Waals surface area contributed by atoms with Crippen LogP contribution in [0.25, 0.3) is 0 Å². The number of hydrogen-bond acceptors (Lipinski definition) is 5. The summed E-state index contributed by atoms with van der Waals surface area (Å²) in [6.45, 7) is 6.08. The summed E-state index contributed by atoms with van der Waals surface area (Å²) >= 11 is 0. The lowest BCUT2D eigenvalue weighted by molar-refractivity contribution is 0.102. The van der Waals surface area contributed by atoms with Gasteiger partial charge in [-0.25, -0.2) is 8.42 Å². The Balaban J connectivity index is 1.27. The van der Waals surface area contributed by atoms with E-state index in [0.29, 0.717) is 11.1 Å². The van der Waals surface area contributed by atoms with Crippen molar-refractivity contribution in [2.45, 2.75) is 18.8 Å². The third-order valence-electron chi connectivity index (χ3n) is 5.95. The molecule has 0 aromatic heterocycles. The average Bonchev–Trinajstić information content (AvgIpc) is 2.81. The molecule has 7 heteroatoms. The topological polar surface area (TPSA) is 69.7 Å². The van der Waals surface area contributed by atoms with Crippen LogP contribution in [0.15, 0.2) is 78.9 Å². The highest BCUT2D eigenvalue weighted by molar-refractivity contribution is 7.89. The molecule has 34 heavy (non-hydrogen) atoms. The first-order chi connectivity index (χ1) is 16.3. The standard InChI is InChI=1S/C27H31N3O3S/c1-34(32,33)21-24-8-5-9-25(18-24)27(31)28-26-12-10-23(11-13-26)20-30-16-14-29(15-17-30)19-22-6-3-2-4-7-22/h2-13,18H,14-17,19-21H2,1H3,(H,28,31). The molecule has 0 bridgehead atoms. The number of amides is 1. The molecule has 3 aromatic rings. The minimum absolute atomic E-state index is 0.0800. The van der Waals surface area contributed by atoms with Gasteiger partial charge in [0, 0.05) is 56.8 Å². The Labute approximate surface area is 202 Å². The van der Waals surface area contributed by atoms with Crippen molar-refractivity contribution in [1.29, 1.82) is 0 Å². The van der Waals surface area contributed by atoms with E-state index in [0.717, 1.165) is 45.0 Å². The summed E-state index contributed by atoms with van der Waals surface area (Å²) in [6.07, 6.45) is 1.19. The Bertz CT molecular complexity index is 1200. The average molecular weight is 478 g/mol. The van der Waals surface area contributed by atoms with E-state index in [2.05, 4.69) is 45.4 Å². The number of benzene rings is 3. The van der Waals surface area contributed by atoms with E-state index in [1.807, 2.05) is 24.3 Å². The van der Waals surface area contributed by atoms with Gasteiger partial charge in [-0.2, -0.15) is 0 Å². The maximum absolute atomic E-state index is 12.6. The van der Waals surface area contributed by atoms with Crippen molar-refractivity contribution in [3.63, 3.8) is 0 Å². The largest absolute Gasteiger partial charge is 0.322 e. The van der Waals surface area contributed by atoms with Gasteiger partial charge in [0.2, 0.25) is 0 Å². The zero-order valence-corrected chi connectivity index (χ0v) is 20.3. The lowest BCUT2D eigenvalue weighted by Crippen LogP contribution is -2.45. The van der Waals surface area contributed by atoms with Gasteiger partial charge in [-0.15, -0.1) is 0 Å². The van der Waals surface area contributed by atoms with Crippen molar-refractivity contribution in [3.8, 4) is 0 Å². The summed E-state index contributed by atoms with van der Waals surface area (Å²) in [6, 6.07) is 25.3. The fourth-order valence-corrected chi connectivity index (χ4v) is 4.99.